The van der Waals surface area contributed by atoms with Gasteiger partial charge in [0.15, 0.2) is 0 Å². The summed E-state index contributed by atoms with van der Waals surface area (Å²) in [7, 11) is 0. The van der Waals surface area contributed by atoms with Gasteiger partial charge in [0.25, 0.3) is 0 Å². The van der Waals surface area contributed by atoms with Crippen LogP contribution in [0.3, 0.4) is 0 Å². The molecule has 0 aliphatic rings. The summed E-state index contributed by atoms with van der Waals surface area (Å²) in [4.78, 5) is 17.2. The molecular weight excluding hydrogens is 289 g/mol. The highest BCUT2D eigenvalue weighted by atomic mass is 32.1. The van der Waals surface area contributed by atoms with Crippen molar-refractivity contribution in [3.05, 3.63) is 58.4 Å². The lowest BCUT2D eigenvalue weighted by molar-refractivity contribution is -0.120. The van der Waals surface area contributed by atoms with Crippen LogP contribution in [0, 0.1) is 5.82 Å². The Bertz CT molecular complexity index is 751. The molecule has 21 heavy (non-hydrogen) atoms. The molecule has 0 saturated heterocycles. The Labute approximate surface area is 125 Å². The molecular formula is C15H14FN3OS. The van der Waals surface area contributed by atoms with Gasteiger partial charge in [-0.15, -0.1) is 11.3 Å². The zero-order valence-electron chi connectivity index (χ0n) is 11.3. The van der Waals surface area contributed by atoms with Gasteiger partial charge in [0.1, 0.15) is 11.5 Å². The Balaban J connectivity index is 1.53. The molecule has 3 aromatic heterocycles. The molecule has 4 nitrogen and oxygen atoms in total. The smallest absolute Gasteiger partial charge is 0.225 e. The first-order valence-corrected chi connectivity index (χ1v) is 7.51. The summed E-state index contributed by atoms with van der Waals surface area (Å²) in [5.74, 6) is -0.289. The maximum atomic E-state index is 13.1. The number of hydrogen-bond acceptors (Lipinski definition) is 3. The minimum absolute atomic E-state index is 0.00672. The Hall–Kier alpha value is -2.21. The maximum absolute atomic E-state index is 13.1. The topological polar surface area (TPSA) is 46.4 Å². The van der Waals surface area contributed by atoms with Crippen LogP contribution in [0.5, 0.6) is 0 Å². The number of aromatic nitrogens is 2. The zero-order valence-corrected chi connectivity index (χ0v) is 12.1. The SMILES string of the molecule is O=C(Cc1cccs1)NCCc1cn2cc(F)ccc2n1. The van der Waals surface area contributed by atoms with Crippen molar-refractivity contribution in [3.8, 4) is 0 Å². The molecule has 0 radical (unpaired) electrons. The Morgan fingerprint density at radius 3 is 3.05 bits per heavy atom. The van der Waals surface area contributed by atoms with Crippen molar-refractivity contribution in [3.63, 3.8) is 0 Å². The van der Waals surface area contributed by atoms with Gasteiger partial charge >= 0.3 is 0 Å². The summed E-state index contributed by atoms with van der Waals surface area (Å²) in [6.07, 6.45) is 4.21. The minimum Gasteiger partial charge on any atom is -0.355 e. The molecule has 3 heterocycles. The van der Waals surface area contributed by atoms with Crippen LogP contribution in [0.25, 0.3) is 5.65 Å². The Kier molecular flexibility index (Phi) is 3.96. The first kappa shape index (κ1) is 13.8. The van der Waals surface area contributed by atoms with Gasteiger partial charge in [0.05, 0.1) is 12.1 Å². The van der Waals surface area contributed by atoms with Gasteiger partial charge in [0.2, 0.25) is 5.91 Å². The lowest BCUT2D eigenvalue weighted by atomic mass is 10.3. The van der Waals surface area contributed by atoms with Crippen molar-refractivity contribution in [1.82, 2.24) is 14.7 Å². The van der Waals surface area contributed by atoms with E-state index in [0.29, 0.717) is 25.0 Å². The average Bonchev–Trinajstić information content (AvgIpc) is 3.07. The first-order chi connectivity index (χ1) is 10.2. The highest BCUT2D eigenvalue weighted by molar-refractivity contribution is 7.10. The van der Waals surface area contributed by atoms with E-state index in [1.165, 1.54) is 12.3 Å². The molecule has 0 unspecified atom stereocenters. The first-order valence-electron chi connectivity index (χ1n) is 6.63. The maximum Gasteiger partial charge on any atom is 0.225 e. The fourth-order valence-corrected chi connectivity index (χ4v) is 2.81. The Morgan fingerprint density at radius 1 is 1.33 bits per heavy atom. The summed E-state index contributed by atoms with van der Waals surface area (Å²) >= 11 is 1.57. The standard InChI is InChI=1S/C15H14FN3OS/c16-11-3-4-14-18-12(10-19(14)9-11)5-6-17-15(20)8-13-2-1-7-21-13/h1-4,7,9-10H,5-6,8H2,(H,17,20). The van der Waals surface area contributed by atoms with Crippen LogP contribution in [0.1, 0.15) is 10.6 Å². The number of thiophene rings is 1. The van der Waals surface area contributed by atoms with Gasteiger partial charge < -0.3 is 9.72 Å². The van der Waals surface area contributed by atoms with Crippen LogP contribution in [-0.4, -0.2) is 21.8 Å². The van der Waals surface area contributed by atoms with Crippen molar-refractivity contribution < 1.29 is 9.18 Å². The number of hydrogen-bond donors (Lipinski definition) is 1. The van der Waals surface area contributed by atoms with E-state index in [2.05, 4.69) is 10.3 Å². The molecule has 0 aliphatic carbocycles. The lowest BCUT2D eigenvalue weighted by Gasteiger charge is -2.02. The average molecular weight is 303 g/mol. The molecule has 3 rings (SSSR count). The molecule has 0 atom stereocenters. The molecule has 0 spiro atoms. The number of amides is 1. The molecule has 1 amide bonds. The van der Waals surface area contributed by atoms with Gasteiger partial charge in [-0.3, -0.25) is 4.79 Å². The van der Waals surface area contributed by atoms with Crippen molar-refractivity contribution in [2.45, 2.75) is 12.8 Å². The molecule has 3 aromatic rings. The van der Waals surface area contributed by atoms with Crippen LogP contribution >= 0.6 is 11.3 Å². The van der Waals surface area contributed by atoms with Crippen molar-refractivity contribution in [1.29, 1.82) is 0 Å². The summed E-state index contributed by atoms with van der Waals surface area (Å²) in [6, 6.07) is 6.90. The molecule has 108 valence electrons. The fourth-order valence-electron chi connectivity index (χ4n) is 2.10. The fraction of sp³-hybridized carbons (Fsp3) is 0.200. The van der Waals surface area contributed by atoms with Crippen LogP contribution < -0.4 is 5.32 Å². The van der Waals surface area contributed by atoms with Crippen molar-refractivity contribution in [2.24, 2.45) is 0 Å². The van der Waals surface area contributed by atoms with E-state index in [9.17, 15) is 9.18 Å². The molecule has 0 aromatic carbocycles. The minimum atomic E-state index is -0.296. The third-order valence-corrected chi connectivity index (χ3v) is 3.96. The largest absolute Gasteiger partial charge is 0.355 e. The van der Waals surface area contributed by atoms with Gasteiger partial charge in [-0.1, -0.05) is 6.07 Å². The zero-order chi connectivity index (χ0) is 14.7. The van der Waals surface area contributed by atoms with E-state index in [1.54, 1.807) is 28.0 Å². The number of pyridine rings is 1. The molecule has 6 heteroatoms. The predicted molar refractivity (Wildman–Crippen MR) is 79.9 cm³/mol. The van der Waals surface area contributed by atoms with Crippen LogP contribution in [0.2, 0.25) is 0 Å². The van der Waals surface area contributed by atoms with Gasteiger partial charge in [0, 0.05) is 30.2 Å². The quantitative estimate of drug-likeness (QED) is 0.787. The van der Waals surface area contributed by atoms with Crippen molar-refractivity contribution >= 4 is 22.9 Å². The monoisotopic (exact) mass is 303 g/mol. The van der Waals surface area contributed by atoms with Crippen LogP contribution in [-0.2, 0) is 17.6 Å². The molecule has 0 aliphatic heterocycles. The third kappa shape index (κ3) is 3.46. The number of fused-ring (bicyclic) bond motifs is 1. The summed E-state index contributed by atoms with van der Waals surface area (Å²) < 4.78 is 14.7. The van der Waals surface area contributed by atoms with E-state index in [-0.39, 0.29) is 11.7 Å². The van der Waals surface area contributed by atoms with E-state index in [4.69, 9.17) is 0 Å². The second-order valence-electron chi connectivity index (χ2n) is 4.70. The number of rotatable bonds is 5. The summed E-state index contributed by atoms with van der Waals surface area (Å²) in [6.45, 7) is 0.524. The van der Waals surface area contributed by atoms with E-state index >= 15 is 0 Å². The van der Waals surface area contributed by atoms with E-state index in [1.807, 2.05) is 17.5 Å². The van der Waals surface area contributed by atoms with Gasteiger partial charge in [-0.05, 0) is 23.6 Å². The molecule has 0 saturated carbocycles. The normalized spacial score (nSPS) is 10.9. The van der Waals surface area contributed by atoms with Crippen LogP contribution in [0.15, 0.2) is 42.0 Å². The number of imidazole rings is 1. The third-order valence-electron chi connectivity index (χ3n) is 3.08. The van der Waals surface area contributed by atoms with E-state index in [0.717, 1.165) is 10.6 Å². The second kappa shape index (κ2) is 6.05. The highest BCUT2D eigenvalue weighted by Gasteiger charge is 2.06. The number of nitrogens with zero attached hydrogens (tertiary/aromatic N) is 2. The number of halogens is 1. The second-order valence-corrected chi connectivity index (χ2v) is 5.73. The number of carbonyl (C=O) groups excluding carboxylic acids is 1. The van der Waals surface area contributed by atoms with Crippen LogP contribution in [0.4, 0.5) is 4.39 Å². The number of nitrogens with one attached hydrogen (secondary N) is 1. The van der Waals surface area contributed by atoms with E-state index < -0.39 is 0 Å². The summed E-state index contributed by atoms with van der Waals surface area (Å²) in [5, 5.41) is 4.83. The lowest BCUT2D eigenvalue weighted by Crippen LogP contribution is -2.27. The Morgan fingerprint density at radius 2 is 2.24 bits per heavy atom. The molecule has 0 bridgehead atoms. The molecule has 1 N–H and O–H groups in total. The predicted octanol–water partition coefficient (Wildman–Crippen LogP) is 2.44. The summed E-state index contributed by atoms with van der Waals surface area (Å²) in [5.41, 5.74) is 1.54. The highest BCUT2D eigenvalue weighted by Crippen LogP contribution is 2.09. The molecule has 0 fully saturated rings. The van der Waals surface area contributed by atoms with Gasteiger partial charge in [-0.25, -0.2) is 9.37 Å². The van der Waals surface area contributed by atoms with Gasteiger partial charge in [-0.2, -0.15) is 0 Å². The number of carbonyl (C=O) groups is 1. The van der Waals surface area contributed by atoms with Crippen molar-refractivity contribution in [2.75, 3.05) is 6.54 Å².